The number of rotatable bonds is 7. The van der Waals surface area contributed by atoms with Gasteiger partial charge in [-0.2, -0.15) is 0 Å². The molecule has 1 amide bonds. The average molecular weight is 350 g/mol. The van der Waals surface area contributed by atoms with E-state index >= 15 is 0 Å². The standard InChI is InChI=1S/C18H20ClNO4/c1-22-15-7-5-13(11-14(15)19)18(21)20-9-8-12-4-6-16(23-2)17(10-12)24-3/h4-7,10-11H,8-9H2,1-3H3,(H,20,21). The van der Waals surface area contributed by atoms with Crippen LogP contribution in [0, 0.1) is 0 Å². The van der Waals surface area contributed by atoms with Crippen molar-refractivity contribution in [3.05, 3.63) is 52.5 Å². The van der Waals surface area contributed by atoms with E-state index in [9.17, 15) is 4.79 Å². The molecule has 0 saturated carbocycles. The van der Waals surface area contributed by atoms with Crippen LogP contribution in [0.25, 0.3) is 0 Å². The Bertz CT molecular complexity index is 718. The Morgan fingerprint density at radius 3 is 2.25 bits per heavy atom. The lowest BCUT2D eigenvalue weighted by Crippen LogP contribution is -2.25. The summed E-state index contributed by atoms with van der Waals surface area (Å²) in [5, 5.41) is 3.28. The first kappa shape index (κ1) is 17.9. The van der Waals surface area contributed by atoms with Gasteiger partial charge in [-0.05, 0) is 42.3 Å². The highest BCUT2D eigenvalue weighted by Gasteiger charge is 2.09. The summed E-state index contributed by atoms with van der Waals surface area (Å²) < 4.78 is 15.5. The summed E-state index contributed by atoms with van der Waals surface area (Å²) in [6, 6.07) is 10.6. The maximum absolute atomic E-state index is 12.2. The van der Waals surface area contributed by atoms with Crippen molar-refractivity contribution in [1.82, 2.24) is 5.32 Å². The largest absolute Gasteiger partial charge is 0.495 e. The highest BCUT2D eigenvalue weighted by Crippen LogP contribution is 2.27. The van der Waals surface area contributed by atoms with Gasteiger partial charge in [-0.15, -0.1) is 0 Å². The van der Waals surface area contributed by atoms with Crippen LogP contribution in [0.2, 0.25) is 5.02 Å². The van der Waals surface area contributed by atoms with Gasteiger partial charge in [-0.25, -0.2) is 0 Å². The number of nitrogens with one attached hydrogen (secondary N) is 1. The zero-order valence-electron chi connectivity index (χ0n) is 13.9. The van der Waals surface area contributed by atoms with Crippen molar-refractivity contribution < 1.29 is 19.0 Å². The van der Waals surface area contributed by atoms with Crippen molar-refractivity contribution in [1.29, 1.82) is 0 Å². The fourth-order valence-electron chi connectivity index (χ4n) is 2.27. The minimum absolute atomic E-state index is 0.181. The Morgan fingerprint density at radius 1 is 0.958 bits per heavy atom. The molecule has 0 aliphatic heterocycles. The predicted molar refractivity (Wildman–Crippen MR) is 93.6 cm³/mol. The van der Waals surface area contributed by atoms with Gasteiger partial charge in [0.2, 0.25) is 0 Å². The Balaban J connectivity index is 1.94. The minimum Gasteiger partial charge on any atom is -0.495 e. The van der Waals surface area contributed by atoms with Gasteiger partial charge in [0.05, 0.1) is 26.4 Å². The van der Waals surface area contributed by atoms with Crippen molar-refractivity contribution >= 4 is 17.5 Å². The quantitative estimate of drug-likeness (QED) is 0.833. The van der Waals surface area contributed by atoms with E-state index in [0.29, 0.717) is 40.8 Å². The van der Waals surface area contributed by atoms with Crippen molar-refractivity contribution in [3.63, 3.8) is 0 Å². The number of carbonyl (C=O) groups excluding carboxylic acids is 1. The van der Waals surface area contributed by atoms with Crippen LogP contribution in [-0.2, 0) is 6.42 Å². The van der Waals surface area contributed by atoms with E-state index in [1.165, 1.54) is 7.11 Å². The molecule has 2 aromatic carbocycles. The fourth-order valence-corrected chi connectivity index (χ4v) is 2.52. The van der Waals surface area contributed by atoms with Crippen molar-refractivity contribution in [2.45, 2.75) is 6.42 Å². The molecule has 0 aromatic heterocycles. The molecule has 0 aliphatic carbocycles. The smallest absolute Gasteiger partial charge is 0.251 e. The summed E-state index contributed by atoms with van der Waals surface area (Å²) in [5.41, 5.74) is 1.54. The third kappa shape index (κ3) is 4.32. The molecule has 24 heavy (non-hydrogen) atoms. The van der Waals surface area contributed by atoms with Crippen LogP contribution in [-0.4, -0.2) is 33.8 Å². The first-order valence-corrected chi connectivity index (χ1v) is 7.79. The number of benzene rings is 2. The first-order chi connectivity index (χ1) is 11.6. The van der Waals surface area contributed by atoms with E-state index in [-0.39, 0.29) is 5.91 Å². The van der Waals surface area contributed by atoms with Crippen molar-refractivity contribution in [3.8, 4) is 17.2 Å². The molecule has 5 nitrogen and oxygen atoms in total. The lowest BCUT2D eigenvalue weighted by molar-refractivity contribution is 0.0954. The molecule has 128 valence electrons. The summed E-state index contributed by atoms with van der Waals surface area (Å²) in [7, 11) is 4.72. The zero-order chi connectivity index (χ0) is 17.5. The van der Waals surface area contributed by atoms with E-state index in [4.69, 9.17) is 25.8 Å². The van der Waals surface area contributed by atoms with Gasteiger partial charge in [0.1, 0.15) is 5.75 Å². The molecule has 2 rings (SSSR count). The number of halogens is 1. The predicted octanol–water partition coefficient (Wildman–Crippen LogP) is 3.34. The maximum atomic E-state index is 12.2. The van der Waals surface area contributed by atoms with Crippen molar-refractivity contribution in [2.75, 3.05) is 27.9 Å². The van der Waals surface area contributed by atoms with Crippen LogP contribution in [0.1, 0.15) is 15.9 Å². The van der Waals surface area contributed by atoms with Gasteiger partial charge in [-0.3, -0.25) is 4.79 Å². The van der Waals surface area contributed by atoms with E-state index in [0.717, 1.165) is 5.56 Å². The van der Waals surface area contributed by atoms with Gasteiger partial charge >= 0.3 is 0 Å². The average Bonchev–Trinajstić information content (AvgIpc) is 2.61. The van der Waals surface area contributed by atoms with Gasteiger partial charge in [0.15, 0.2) is 11.5 Å². The molecule has 0 fully saturated rings. The third-order valence-electron chi connectivity index (χ3n) is 3.56. The second kappa shape index (κ2) is 8.45. The van der Waals surface area contributed by atoms with Crippen LogP contribution in [0.5, 0.6) is 17.2 Å². The molecule has 0 saturated heterocycles. The third-order valence-corrected chi connectivity index (χ3v) is 3.86. The molecule has 2 aromatic rings. The Kier molecular flexibility index (Phi) is 6.32. The molecule has 0 aliphatic rings. The van der Waals surface area contributed by atoms with Crippen molar-refractivity contribution in [2.24, 2.45) is 0 Å². The Morgan fingerprint density at radius 2 is 1.62 bits per heavy atom. The second-order valence-electron chi connectivity index (χ2n) is 5.04. The lowest BCUT2D eigenvalue weighted by atomic mass is 10.1. The second-order valence-corrected chi connectivity index (χ2v) is 5.45. The van der Waals surface area contributed by atoms with Gasteiger partial charge in [0, 0.05) is 12.1 Å². The number of ether oxygens (including phenoxy) is 3. The number of hydrogen-bond donors (Lipinski definition) is 1. The molecule has 0 unspecified atom stereocenters. The topological polar surface area (TPSA) is 56.8 Å². The van der Waals surface area contributed by atoms with Gasteiger partial charge in [-0.1, -0.05) is 17.7 Å². The highest BCUT2D eigenvalue weighted by molar-refractivity contribution is 6.32. The van der Waals surface area contributed by atoms with E-state index < -0.39 is 0 Å². The van der Waals surface area contributed by atoms with E-state index in [1.807, 2.05) is 18.2 Å². The Labute approximate surface area is 146 Å². The highest BCUT2D eigenvalue weighted by atomic mass is 35.5. The SMILES string of the molecule is COc1ccc(C(=O)NCCc2ccc(OC)c(OC)c2)cc1Cl. The lowest BCUT2D eigenvalue weighted by Gasteiger charge is -2.10. The van der Waals surface area contributed by atoms with Crippen LogP contribution in [0.15, 0.2) is 36.4 Å². The summed E-state index contributed by atoms with van der Waals surface area (Å²) >= 11 is 6.03. The molecule has 1 N–H and O–H groups in total. The fraction of sp³-hybridized carbons (Fsp3) is 0.278. The first-order valence-electron chi connectivity index (χ1n) is 7.41. The van der Waals surface area contributed by atoms with Gasteiger partial charge < -0.3 is 19.5 Å². The van der Waals surface area contributed by atoms with Crippen LogP contribution >= 0.6 is 11.6 Å². The minimum atomic E-state index is -0.181. The van der Waals surface area contributed by atoms with E-state index in [2.05, 4.69) is 5.32 Å². The normalized spacial score (nSPS) is 10.2. The molecule has 0 heterocycles. The molecule has 0 atom stereocenters. The molecule has 6 heteroatoms. The number of carbonyl (C=O) groups is 1. The zero-order valence-corrected chi connectivity index (χ0v) is 14.6. The van der Waals surface area contributed by atoms with Crippen LogP contribution in [0.4, 0.5) is 0 Å². The van der Waals surface area contributed by atoms with Crippen LogP contribution < -0.4 is 19.5 Å². The number of methoxy groups -OCH3 is 3. The number of amides is 1. The summed E-state index contributed by atoms with van der Waals surface area (Å²) in [6.07, 6.45) is 0.677. The summed E-state index contributed by atoms with van der Waals surface area (Å²) in [4.78, 5) is 12.2. The summed E-state index contributed by atoms with van der Waals surface area (Å²) in [5.74, 6) is 1.71. The molecular formula is C18H20ClNO4. The molecule has 0 bridgehead atoms. The molecular weight excluding hydrogens is 330 g/mol. The van der Waals surface area contributed by atoms with Crippen LogP contribution in [0.3, 0.4) is 0 Å². The molecule has 0 spiro atoms. The van der Waals surface area contributed by atoms with E-state index in [1.54, 1.807) is 32.4 Å². The number of hydrogen-bond acceptors (Lipinski definition) is 4. The Hall–Kier alpha value is -2.40. The molecule has 0 radical (unpaired) electrons. The summed E-state index contributed by atoms with van der Waals surface area (Å²) in [6.45, 7) is 0.498. The van der Waals surface area contributed by atoms with Gasteiger partial charge in [0.25, 0.3) is 5.91 Å². The maximum Gasteiger partial charge on any atom is 0.251 e. The monoisotopic (exact) mass is 349 g/mol.